The second-order valence-electron chi connectivity index (χ2n) is 7.83. The normalized spacial score (nSPS) is 28.6. The van der Waals surface area contributed by atoms with E-state index < -0.39 is 0 Å². The van der Waals surface area contributed by atoms with Crippen LogP contribution >= 0.6 is 0 Å². The summed E-state index contributed by atoms with van der Waals surface area (Å²) < 4.78 is 2.10. The number of aromatic nitrogens is 2. The topological polar surface area (TPSA) is 44.5 Å². The SMILES string of the molecule is CCn1nc(CO)c2c1CCN(C[C@@H]1CCCN3CCCC[C@H]13)C2. The van der Waals surface area contributed by atoms with Gasteiger partial charge in [0.1, 0.15) is 0 Å². The van der Waals surface area contributed by atoms with Crippen molar-refractivity contribution in [3.63, 3.8) is 0 Å². The highest BCUT2D eigenvalue weighted by Crippen LogP contribution is 2.32. The predicted octanol–water partition coefficient (Wildman–Crippen LogP) is 2.02. The Kier molecular flexibility index (Phi) is 4.93. The van der Waals surface area contributed by atoms with Gasteiger partial charge in [0.2, 0.25) is 0 Å². The van der Waals surface area contributed by atoms with E-state index in [1.807, 2.05) is 0 Å². The number of hydrogen-bond donors (Lipinski definition) is 1. The van der Waals surface area contributed by atoms with Crippen LogP contribution in [0.2, 0.25) is 0 Å². The van der Waals surface area contributed by atoms with Gasteiger partial charge < -0.3 is 10.0 Å². The zero-order chi connectivity index (χ0) is 16.5. The Bertz CT molecular complexity index is 568. The Morgan fingerprint density at radius 3 is 2.83 bits per heavy atom. The number of hydrogen-bond acceptors (Lipinski definition) is 4. The summed E-state index contributed by atoms with van der Waals surface area (Å²) in [7, 11) is 0. The molecule has 5 heteroatoms. The van der Waals surface area contributed by atoms with Crippen LogP contribution in [0.25, 0.3) is 0 Å². The lowest BCUT2D eigenvalue weighted by Crippen LogP contribution is -2.51. The number of aliphatic hydroxyl groups excluding tert-OH is 1. The molecule has 0 aromatic carbocycles. The maximum absolute atomic E-state index is 9.66. The zero-order valence-corrected chi connectivity index (χ0v) is 15.1. The summed E-state index contributed by atoms with van der Waals surface area (Å²) in [5.74, 6) is 0.833. The molecule has 0 unspecified atom stereocenters. The van der Waals surface area contributed by atoms with Crippen molar-refractivity contribution in [2.75, 3.05) is 26.2 Å². The first-order valence-electron chi connectivity index (χ1n) is 9.94. The van der Waals surface area contributed by atoms with E-state index in [0.29, 0.717) is 0 Å². The molecule has 2 saturated heterocycles. The number of aryl methyl sites for hydroxylation is 1. The van der Waals surface area contributed by atoms with E-state index in [-0.39, 0.29) is 6.61 Å². The van der Waals surface area contributed by atoms with Crippen molar-refractivity contribution < 1.29 is 5.11 Å². The lowest BCUT2D eigenvalue weighted by molar-refractivity contribution is 0.0377. The number of rotatable bonds is 4. The fourth-order valence-electron chi connectivity index (χ4n) is 5.28. The molecule has 5 nitrogen and oxygen atoms in total. The van der Waals surface area contributed by atoms with Crippen molar-refractivity contribution in [2.24, 2.45) is 5.92 Å². The third-order valence-corrected chi connectivity index (χ3v) is 6.47. The van der Waals surface area contributed by atoms with Crippen molar-refractivity contribution in [3.8, 4) is 0 Å². The molecule has 0 amide bonds. The van der Waals surface area contributed by atoms with Gasteiger partial charge in [-0.25, -0.2) is 0 Å². The van der Waals surface area contributed by atoms with Crippen LogP contribution in [0, 0.1) is 5.92 Å². The van der Waals surface area contributed by atoms with Crippen LogP contribution in [0.3, 0.4) is 0 Å². The molecule has 3 aliphatic rings. The van der Waals surface area contributed by atoms with Gasteiger partial charge in [-0.1, -0.05) is 6.42 Å². The van der Waals surface area contributed by atoms with Crippen LogP contribution in [-0.4, -0.2) is 56.9 Å². The highest BCUT2D eigenvalue weighted by atomic mass is 16.3. The molecule has 4 heterocycles. The van der Waals surface area contributed by atoms with Crippen LogP contribution < -0.4 is 0 Å². The fraction of sp³-hybridized carbons (Fsp3) is 0.842. The van der Waals surface area contributed by atoms with Gasteiger partial charge >= 0.3 is 0 Å². The van der Waals surface area contributed by atoms with E-state index in [9.17, 15) is 5.11 Å². The minimum Gasteiger partial charge on any atom is -0.390 e. The molecule has 24 heavy (non-hydrogen) atoms. The molecule has 4 rings (SSSR count). The Hall–Kier alpha value is -0.910. The molecule has 0 radical (unpaired) electrons. The van der Waals surface area contributed by atoms with Crippen molar-refractivity contribution in [1.82, 2.24) is 19.6 Å². The van der Waals surface area contributed by atoms with Crippen LogP contribution in [0.5, 0.6) is 0 Å². The van der Waals surface area contributed by atoms with Crippen molar-refractivity contribution in [2.45, 2.75) is 71.2 Å². The lowest BCUT2D eigenvalue weighted by atomic mass is 9.83. The molecule has 1 aromatic rings. The van der Waals surface area contributed by atoms with Crippen molar-refractivity contribution in [3.05, 3.63) is 17.0 Å². The fourth-order valence-corrected chi connectivity index (χ4v) is 5.28. The monoisotopic (exact) mass is 332 g/mol. The molecule has 0 bridgehead atoms. The summed E-state index contributed by atoms with van der Waals surface area (Å²) >= 11 is 0. The molecule has 2 fully saturated rings. The van der Waals surface area contributed by atoms with Gasteiger partial charge in [-0.05, 0) is 51.6 Å². The number of aliphatic hydroxyl groups is 1. The summed E-state index contributed by atoms with van der Waals surface area (Å²) in [5, 5.41) is 14.3. The van der Waals surface area contributed by atoms with Gasteiger partial charge in [0, 0.05) is 49.9 Å². The Balaban J connectivity index is 1.46. The number of nitrogens with zero attached hydrogens (tertiary/aromatic N) is 4. The maximum Gasteiger partial charge on any atom is 0.0926 e. The summed E-state index contributed by atoms with van der Waals surface area (Å²) in [5.41, 5.74) is 3.57. The molecule has 3 aliphatic heterocycles. The Labute approximate surface area is 145 Å². The summed E-state index contributed by atoms with van der Waals surface area (Å²) in [6.07, 6.45) is 8.06. The first-order chi connectivity index (χ1) is 11.8. The van der Waals surface area contributed by atoms with E-state index in [1.54, 1.807) is 0 Å². The van der Waals surface area contributed by atoms with E-state index in [2.05, 4.69) is 26.5 Å². The van der Waals surface area contributed by atoms with Crippen LogP contribution in [0.4, 0.5) is 0 Å². The Morgan fingerprint density at radius 2 is 2.00 bits per heavy atom. The van der Waals surface area contributed by atoms with Gasteiger partial charge in [-0.2, -0.15) is 5.10 Å². The van der Waals surface area contributed by atoms with Crippen molar-refractivity contribution >= 4 is 0 Å². The van der Waals surface area contributed by atoms with Gasteiger partial charge in [-0.3, -0.25) is 9.58 Å². The molecule has 0 saturated carbocycles. The molecular formula is C19H32N4O. The van der Waals surface area contributed by atoms with Gasteiger partial charge in [0.15, 0.2) is 0 Å². The van der Waals surface area contributed by atoms with E-state index in [0.717, 1.165) is 43.7 Å². The van der Waals surface area contributed by atoms with Crippen LogP contribution in [0.1, 0.15) is 56.0 Å². The number of fused-ring (bicyclic) bond motifs is 2. The second kappa shape index (κ2) is 7.14. The minimum absolute atomic E-state index is 0.0724. The average molecular weight is 332 g/mol. The molecule has 0 aliphatic carbocycles. The van der Waals surface area contributed by atoms with Gasteiger partial charge in [0.25, 0.3) is 0 Å². The Morgan fingerprint density at radius 1 is 1.12 bits per heavy atom. The van der Waals surface area contributed by atoms with Crippen molar-refractivity contribution in [1.29, 1.82) is 0 Å². The van der Waals surface area contributed by atoms with Gasteiger partial charge in [0.05, 0.1) is 12.3 Å². The third kappa shape index (κ3) is 3.02. The summed E-state index contributed by atoms with van der Waals surface area (Å²) in [6.45, 7) is 9.11. The van der Waals surface area contributed by atoms with Gasteiger partial charge in [-0.15, -0.1) is 0 Å². The molecule has 1 N–H and O–H groups in total. The number of piperidine rings is 2. The largest absolute Gasteiger partial charge is 0.390 e. The third-order valence-electron chi connectivity index (χ3n) is 6.47. The first-order valence-corrected chi connectivity index (χ1v) is 9.94. The minimum atomic E-state index is 0.0724. The average Bonchev–Trinajstić information content (AvgIpc) is 2.99. The quantitative estimate of drug-likeness (QED) is 0.916. The smallest absolute Gasteiger partial charge is 0.0926 e. The summed E-state index contributed by atoms with van der Waals surface area (Å²) in [4.78, 5) is 5.40. The van der Waals surface area contributed by atoms with Crippen LogP contribution in [0.15, 0.2) is 0 Å². The zero-order valence-electron chi connectivity index (χ0n) is 15.1. The summed E-state index contributed by atoms with van der Waals surface area (Å²) in [6, 6.07) is 0.824. The lowest BCUT2D eigenvalue weighted by Gasteiger charge is -2.46. The molecule has 1 aromatic heterocycles. The van der Waals surface area contributed by atoms with E-state index >= 15 is 0 Å². The van der Waals surface area contributed by atoms with E-state index in [1.165, 1.54) is 63.0 Å². The highest BCUT2D eigenvalue weighted by molar-refractivity contribution is 5.28. The predicted molar refractivity (Wildman–Crippen MR) is 94.7 cm³/mol. The molecule has 2 atom stereocenters. The molecular weight excluding hydrogens is 300 g/mol. The van der Waals surface area contributed by atoms with E-state index in [4.69, 9.17) is 0 Å². The standard InChI is InChI=1S/C19H32N4O/c1-2-23-19-8-11-21(13-16(19)17(14-24)20-23)12-15-6-5-10-22-9-4-3-7-18(15)22/h15,18,24H,2-14H2,1H3/t15-,18+/m0/s1. The van der Waals surface area contributed by atoms with Crippen LogP contribution in [-0.2, 0) is 26.1 Å². The second-order valence-corrected chi connectivity index (χ2v) is 7.83. The molecule has 134 valence electrons. The maximum atomic E-state index is 9.66. The highest BCUT2D eigenvalue weighted by Gasteiger charge is 2.35. The molecule has 0 spiro atoms. The first kappa shape index (κ1) is 16.6.